The van der Waals surface area contributed by atoms with E-state index in [1.165, 1.54) is 24.3 Å². The van der Waals surface area contributed by atoms with Crippen molar-refractivity contribution in [3.05, 3.63) is 63.1 Å². The van der Waals surface area contributed by atoms with Gasteiger partial charge in [-0.2, -0.15) is 0 Å². The molecular formula is C16H14Cl3NO3S. The average molecular weight is 407 g/mol. The molecule has 128 valence electrons. The zero-order chi connectivity index (χ0) is 17.9. The molecule has 0 bridgehead atoms. The fraction of sp³-hybridized carbons (Fsp3) is 0.188. The van der Waals surface area contributed by atoms with Crippen LogP contribution in [0.2, 0.25) is 15.1 Å². The highest BCUT2D eigenvalue weighted by Crippen LogP contribution is 2.26. The molecule has 0 saturated carbocycles. The maximum absolute atomic E-state index is 12.2. The molecule has 0 aliphatic heterocycles. The molecule has 0 aliphatic carbocycles. The van der Waals surface area contributed by atoms with E-state index >= 15 is 0 Å². The highest BCUT2D eigenvalue weighted by atomic mass is 35.5. The smallest absolute Gasteiger partial charge is 0.236 e. The molecule has 1 N–H and O–H groups in total. The molecule has 0 saturated heterocycles. The summed E-state index contributed by atoms with van der Waals surface area (Å²) >= 11 is 17.7. The molecule has 0 heterocycles. The second-order valence-electron chi connectivity index (χ2n) is 5.17. The van der Waals surface area contributed by atoms with Crippen LogP contribution in [0.5, 0.6) is 0 Å². The molecule has 1 unspecified atom stereocenters. The van der Waals surface area contributed by atoms with Gasteiger partial charge in [-0.15, -0.1) is 0 Å². The first-order valence-electron chi connectivity index (χ1n) is 6.91. The molecule has 0 radical (unpaired) electrons. The van der Waals surface area contributed by atoms with Crippen molar-refractivity contribution < 1.29 is 13.2 Å². The lowest BCUT2D eigenvalue weighted by Crippen LogP contribution is -2.32. The number of amides is 1. The van der Waals surface area contributed by atoms with Crippen LogP contribution in [0.4, 0.5) is 0 Å². The van der Waals surface area contributed by atoms with E-state index in [1.54, 1.807) is 25.1 Å². The summed E-state index contributed by atoms with van der Waals surface area (Å²) in [6, 6.07) is 10.1. The average Bonchev–Trinajstić information content (AvgIpc) is 2.46. The van der Waals surface area contributed by atoms with Crippen molar-refractivity contribution in [2.45, 2.75) is 17.9 Å². The first-order chi connectivity index (χ1) is 11.2. The van der Waals surface area contributed by atoms with E-state index in [4.69, 9.17) is 34.8 Å². The maximum Gasteiger partial charge on any atom is 0.236 e. The van der Waals surface area contributed by atoms with Crippen molar-refractivity contribution in [3.8, 4) is 0 Å². The Bertz CT molecular complexity index is 851. The molecule has 1 atom stereocenters. The van der Waals surface area contributed by atoms with Gasteiger partial charge in [0.15, 0.2) is 9.84 Å². The topological polar surface area (TPSA) is 63.2 Å². The Labute approximate surface area is 155 Å². The van der Waals surface area contributed by atoms with Gasteiger partial charge in [0.2, 0.25) is 5.91 Å². The van der Waals surface area contributed by atoms with E-state index < -0.39 is 27.5 Å². The van der Waals surface area contributed by atoms with E-state index in [9.17, 15) is 13.2 Å². The normalized spacial score (nSPS) is 12.7. The Balaban J connectivity index is 2.08. The van der Waals surface area contributed by atoms with E-state index in [0.717, 1.165) is 0 Å². The highest BCUT2D eigenvalue weighted by molar-refractivity contribution is 7.92. The first kappa shape index (κ1) is 19.1. The first-order valence-corrected chi connectivity index (χ1v) is 9.70. The molecule has 24 heavy (non-hydrogen) atoms. The van der Waals surface area contributed by atoms with E-state index in [-0.39, 0.29) is 4.90 Å². The fourth-order valence-electron chi connectivity index (χ4n) is 2.11. The fourth-order valence-corrected chi connectivity index (χ4v) is 3.96. The number of rotatable bonds is 5. The molecular weight excluding hydrogens is 393 g/mol. The van der Waals surface area contributed by atoms with Crippen LogP contribution in [-0.2, 0) is 14.6 Å². The van der Waals surface area contributed by atoms with Crippen LogP contribution in [0.3, 0.4) is 0 Å². The molecule has 4 nitrogen and oxygen atoms in total. The van der Waals surface area contributed by atoms with Gasteiger partial charge in [-0.3, -0.25) is 4.79 Å². The third-order valence-electron chi connectivity index (χ3n) is 3.30. The monoisotopic (exact) mass is 405 g/mol. The van der Waals surface area contributed by atoms with Gasteiger partial charge in [-0.1, -0.05) is 40.9 Å². The third-order valence-corrected chi connectivity index (χ3v) is 5.75. The molecule has 2 rings (SSSR count). The second kappa shape index (κ2) is 7.74. The lowest BCUT2D eigenvalue weighted by molar-refractivity contribution is -0.119. The van der Waals surface area contributed by atoms with Gasteiger partial charge in [-0.05, 0) is 48.9 Å². The molecule has 1 amide bonds. The Morgan fingerprint density at radius 2 is 1.62 bits per heavy atom. The van der Waals surface area contributed by atoms with Gasteiger partial charge in [-0.25, -0.2) is 8.42 Å². The summed E-state index contributed by atoms with van der Waals surface area (Å²) in [6.07, 6.45) is 0. The minimum Gasteiger partial charge on any atom is -0.349 e. The van der Waals surface area contributed by atoms with Crippen LogP contribution in [0, 0.1) is 0 Å². The number of hydrogen-bond donors (Lipinski definition) is 1. The summed E-state index contributed by atoms with van der Waals surface area (Å²) in [5.74, 6) is -1.28. The molecule has 2 aromatic rings. The van der Waals surface area contributed by atoms with Crippen molar-refractivity contribution in [2.24, 2.45) is 0 Å². The van der Waals surface area contributed by atoms with Crippen LogP contribution in [-0.4, -0.2) is 20.1 Å². The molecule has 0 spiro atoms. The minimum atomic E-state index is -3.75. The summed E-state index contributed by atoms with van der Waals surface area (Å²) < 4.78 is 24.5. The zero-order valence-corrected chi connectivity index (χ0v) is 15.7. The summed E-state index contributed by atoms with van der Waals surface area (Å²) in [4.78, 5) is 12.1. The Morgan fingerprint density at radius 3 is 2.21 bits per heavy atom. The van der Waals surface area contributed by atoms with Gasteiger partial charge in [0.1, 0.15) is 5.75 Å². The van der Waals surface area contributed by atoms with E-state index in [0.29, 0.717) is 20.6 Å². The summed E-state index contributed by atoms with van der Waals surface area (Å²) in [7, 11) is -3.75. The predicted molar refractivity (Wildman–Crippen MR) is 96.5 cm³/mol. The van der Waals surface area contributed by atoms with Gasteiger partial charge < -0.3 is 5.32 Å². The molecule has 0 fully saturated rings. The second-order valence-corrected chi connectivity index (χ2v) is 8.44. The van der Waals surface area contributed by atoms with Gasteiger partial charge >= 0.3 is 0 Å². The zero-order valence-electron chi connectivity index (χ0n) is 12.6. The number of halogens is 3. The summed E-state index contributed by atoms with van der Waals surface area (Å²) in [5, 5.41) is 3.92. The molecule has 0 aromatic heterocycles. The predicted octanol–water partition coefficient (Wildman–Crippen LogP) is 4.30. The molecule has 8 heteroatoms. The number of hydrogen-bond acceptors (Lipinski definition) is 3. The quantitative estimate of drug-likeness (QED) is 0.805. The van der Waals surface area contributed by atoms with Crippen molar-refractivity contribution in [1.29, 1.82) is 0 Å². The molecule has 2 aromatic carbocycles. The van der Waals surface area contributed by atoms with Crippen LogP contribution in [0.25, 0.3) is 0 Å². The van der Waals surface area contributed by atoms with Gasteiger partial charge in [0, 0.05) is 15.1 Å². The minimum absolute atomic E-state index is 0.0410. The standard InChI is InChI=1S/C16H14Cl3NO3S/c1-10(14-7-4-12(18)8-15(14)19)20-16(21)9-24(22,23)13-5-2-11(17)3-6-13/h2-8,10H,9H2,1H3,(H,20,21). The number of nitrogens with one attached hydrogen (secondary N) is 1. The van der Waals surface area contributed by atoms with Crippen molar-refractivity contribution in [2.75, 3.05) is 5.75 Å². The third kappa shape index (κ3) is 4.86. The number of carbonyl (C=O) groups excluding carboxylic acids is 1. The van der Waals surface area contributed by atoms with Crippen molar-refractivity contribution >= 4 is 50.5 Å². The van der Waals surface area contributed by atoms with Crippen molar-refractivity contribution in [3.63, 3.8) is 0 Å². The van der Waals surface area contributed by atoms with Gasteiger partial charge in [0.25, 0.3) is 0 Å². The number of benzene rings is 2. The highest BCUT2D eigenvalue weighted by Gasteiger charge is 2.21. The van der Waals surface area contributed by atoms with Crippen molar-refractivity contribution in [1.82, 2.24) is 5.32 Å². The van der Waals surface area contributed by atoms with E-state index in [1.807, 2.05) is 0 Å². The lowest BCUT2D eigenvalue weighted by atomic mass is 10.1. The molecule has 0 aliphatic rings. The Morgan fingerprint density at radius 1 is 1.04 bits per heavy atom. The van der Waals surface area contributed by atoms with Gasteiger partial charge in [0.05, 0.1) is 10.9 Å². The van der Waals surface area contributed by atoms with Crippen LogP contribution < -0.4 is 5.32 Å². The van der Waals surface area contributed by atoms with Crippen LogP contribution in [0.1, 0.15) is 18.5 Å². The summed E-state index contributed by atoms with van der Waals surface area (Å²) in [6.45, 7) is 1.71. The number of carbonyl (C=O) groups is 1. The largest absolute Gasteiger partial charge is 0.349 e. The Hall–Kier alpha value is -1.27. The SMILES string of the molecule is CC(NC(=O)CS(=O)(=O)c1ccc(Cl)cc1)c1ccc(Cl)cc1Cl. The van der Waals surface area contributed by atoms with Crippen LogP contribution in [0.15, 0.2) is 47.4 Å². The Kier molecular flexibility index (Phi) is 6.15. The maximum atomic E-state index is 12.2. The summed E-state index contributed by atoms with van der Waals surface area (Å²) in [5.41, 5.74) is 0.651. The lowest BCUT2D eigenvalue weighted by Gasteiger charge is -2.16. The number of sulfone groups is 1. The van der Waals surface area contributed by atoms with Crippen LogP contribution >= 0.6 is 34.8 Å². The van der Waals surface area contributed by atoms with E-state index in [2.05, 4.69) is 5.32 Å².